The summed E-state index contributed by atoms with van der Waals surface area (Å²) in [5.41, 5.74) is 1.39. The summed E-state index contributed by atoms with van der Waals surface area (Å²) in [5.74, 6) is 0.907. The fraction of sp³-hybridized carbons (Fsp3) is 0.500. The Bertz CT molecular complexity index is 208. The van der Waals surface area contributed by atoms with Crippen LogP contribution in [0.1, 0.15) is 10.4 Å². The lowest BCUT2D eigenvalue weighted by atomic mass is 10.3. The highest BCUT2D eigenvalue weighted by Crippen LogP contribution is 2.14. The van der Waals surface area contributed by atoms with Crippen LogP contribution in [-0.4, -0.2) is 12.3 Å². The molecule has 0 unspecified atom stereocenters. The van der Waals surface area contributed by atoms with Gasteiger partial charge in [-0.15, -0.1) is 11.3 Å². The minimum Gasteiger partial charge on any atom is -0.311 e. The van der Waals surface area contributed by atoms with Crippen LogP contribution in [0.15, 0.2) is 11.4 Å². The van der Waals surface area contributed by atoms with Crippen LogP contribution in [0.25, 0.3) is 0 Å². The quantitative estimate of drug-likeness (QED) is 0.543. The second-order valence-corrected chi connectivity index (χ2v) is 3.88. The van der Waals surface area contributed by atoms with E-state index in [4.69, 9.17) is 0 Å². The van der Waals surface area contributed by atoms with E-state index in [0.29, 0.717) is 0 Å². The first-order valence-electron chi connectivity index (χ1n) is 3.69. The maximum absolute atomic E-state index is 4.12. The van der Waals surface area contributed by atoms with Gasteiger partial charge in [0.1, 0.15) is 0 Å². The largest absolute Gasteiger partial charge is 0.311 e. The van der Waals surface area contributed by atoms with Gasteiger partial charge in [-0.1, -0.05) is 0 Å². The van der Waals surface area contributed by atoms with Gasteiger partial charge in [0.2, 0.25) is 0 Å². The predicted octanol–water partition coefficient (Wildman–Crippen LogP) is 2.08. The van der Waals surface area contributed by atoms with Crippen molar-refractivity contribution in [3.8, 4) is 0 Å². The van der Waals surface area contributed by atoms with E-state index in [2.05, 4.69) is 36.3 Å². The van der Waals surface area contributed by atoms with Crippen molar-refractivity contribution in [2.24, 2.45) is 0 Å². The van der Waals surface area contributed by atoms with Crippen LogP contribution < -0.4 is 5.32 Å². The van der Waals surface area contributed by atoms with E-state index in [1.807, 2.05) is 11.3 Å². The van der Waals surface area contributed by atoms with Crippen LogP contribution in [0.3, 0.4) is 0 Å². The minimum absolute atomic E-state index is 0.907. The standard InChI is InChI=1S/C8H13NS2/c1-7-2-5-11-8(7)6-9-3-4-10/h2,5,9-10H,3-4,6H2,1H3. The highest BCUT2D eigenvalue weighted by atomic mass is 32.1. The third-order valence-electron chi connectivity index (χ3n) is 1.54. The maximum atomic E-state index is 4.12. The predicted molar refractivity (Wildman–Crippen MR) is 54.6 cm³/mol. The number of aryl methyl sites for hydroxylation is 1. The van der Waals surface area contributed by atoms with Gasteiger partial charge in [-0.25, -0.2) is 0 Å². The smallest absolute Gasteiger partial charge is 0.0302 e. The van der Waals surface area contributed by atoms with Crippen molar-refractivity contribution in [1.29, 1.82) is 0 Å². The average Bonchev–Trinajstić information content (AvgIpc) is 2.37. The van der Waals surface area contributed by atoms with E-state index >= 15 is 0 Å². The van der Waals surface area contributed by atoms with E-state index in [0.717, 1.165) is 18.8 Å². The number of hydrogen-bond acceptors (Lipinski definition) is 3. The molecule has 3 heteroatoms. The molecule has 1 N–H and O–H groups in total. The molecule has 0 radical (unpaired) electrons. The lowest BCUT2D eigenvalue weighted by Gasteiger charge is -2.00. The molecule has 1 heterocycles. The van der Waals surface area contributed by atoms with E-state index < -0.39 is 0 Å². The minimum atomic E-state index is 0.907. The SMILES string of the molecule is Cc1ccsc1CNCCS. The van der Waals surface area contributed by atoms with Crippen molar-refractivity contribution in [3.05, 3.63) is 21.9 Å². The zero-order valence-electron chi connectivity index (χ0n) is 6.63. The van der Waals surface area contributed by atoms with Gasteiger partial charge in [-0.3, -0.25) is 0 Å². The number of hydrogen-bond donors (Lipinski definition) is 2. The summed E-state index contributed by atoms with van der Waals surface area (Å²) in [5, 5.41) is 5.44. The van der Waals surface area contributed by atoms with Crippen LogP contribution in [0, 0.1) is 6.92 Å². The zero-order valence-corrected chi connectivity index (χ0v) is 8.34. The van der Waals surface area contributed by atoms with Crippen molar-refractivity contribution in [2.45, 2.75) is 13.5 Å². The Morgan fingerprint density at radius 2 is 2.45 bits per heavy atom. The second-order valence-electron chi connectivity index (χ2n) is 2.43. The highest BCUT2D eigenvalue weighted by molar-refractivity contribution is 7.80. The summed E-state index contributed by atoms with van der Waals surface area (Å²) in [4.78, 5) is 1.44. The number of thiophene rings is 1. The number of nitrogens with one attached hydrogen (secondary N) is 1. The van der Waals surface area contributed by atoms with Gasteiger partial charge in [-0.2, -0.15) is 12.6 Å². The molecule has 0 aliphatic heterocycles. The third kappa shape index (κ3) is 2.85. The summed E-state index contributed by atoms with van der Waals surface area (Å²) in [7, 11) is 0. The van der Waals surface area contributed by atoms with Gasteiger partial charge in [0.05, 0.1) is 0 Å². The van der Waals surface area contributed by atoms with Crippen LogP contribution in [0.4, 0.5) is 0 Å². The first-order chi connectivity index (χ1) is 5.34. The molecule has 1 aromatic heterocycles. The summed E-state index contributed by atoms with van der Waals surface area (Å²) in [6, 6.07) is 2.16. The first kappa shape index (κ1) is 9.10. The molecule has 0 amide bonds. The average molecular weight is 187 g/mol. The first-order valence-corrected chi connectivity index (χ1v) is 5.20. The van der Waals surface area contributed by atoms with Gasteiger partial charge in [-0.05, 0) is 23.9 Å². The van der Waals surface area contributed by atoms with Gasteiger partial charge in [0.15, 0.2) is 0 Å². The molecule has 0 aromatic carbocycles. The molecule has 0 spiro atoms. The van der Waals surface area contributed by atoms with Crippen LogP contribution >= 0.6 is 24.0 Å². The molecule has 0 saturated heterocycles. The molecule has 0 atom stereocenters. The van der Waals surface area contributed by atoms with Gasteiger partial charge in [0, 0.05) is 23.7 Å². The Morgan fingerprint density at radius 3 is 3.00 bits per heavy atom. The molecule has 1 aromatic rings. The van der Waals surface area contributed by atoms with E-state index in [1.54, 1.807) is 0 Å². The summed E-state index contributed by atoms with van der Waals surface area (Å²) >= 11 is 5.93. The molecule has 0 fully saturated rings. The molecule has 62 valence electrons. The molecular formula is C8H13NS2. The van der Waals surface area contributed by atoms with Crippen molar-refractivity contribution < 1.29 is 0 Å². The summed E-state index contributed by atoms with van der Waals surface area (Å²) in [6.45, 7) is 4.12. The number of rotatable bonds is 4. The van der Waals surface area contributed by atoms with Gasteiger partial charge < -0.3 is 5.32 Å². The molecular weight excluding hydrogens is 174 g/mol. The van der Waals surface area contributed by atoms with Crippen molar-refractivity contribution in [2.75, 3.05) is 12.3 Å². The van der Waals surface area contributed by atoms with Crippen molar-refractivity contribution >= 4 is 24.0 Å². The van der Waals surface area contributed by atoms with E-state index in [1.165, 1.54) is 10.4 Å². The van der Waals surface area contributed by atoms with E-state index in [9.17, 15) is 0 Å². The summed E-state index contributed by atoms with van der Waals surface area (Å²) < 4.78 is 0. The Morgan fingerprint density at radius 1 is 1.64 bits per heavy atom. The van der Waals surface area contributed by atoms with Crippen LogP contribution in [0.2, 0.25) is 0 Å². The normalized spacial score (nSPS) is 10.4. The van der Waals surface area contributed by atoms with Crippen LogP contribution in [-0.2, 0) is 6.54 Å². The van der Waals surface area contributed by atoms with Crippen molar-refractivity contribution in [1.82, 2.24) is 5.32 Å². The molecule has 1 nitrogen and oxygen atoms in total. The van der Waals surface area contributed by atoms with E-state index in [-0.39, 0.29) is 0 Å². The third-order valence-corrected chi connectivity index (χ3v) is 2.79. The van der Waals surface area contributed by atoms with Gasteiger partial charge >= 0.3 is 0 Å². The lowest BCUT2D eigenvalue weighted by Crippen LogP contribution is -2.15. The molecule has 0 aliphatic carbocycles. The zero-order chi connectivity index (χ0) is 8.10. The molecule has 1 rings (SSSR count). The molecule has 0 aliphatic rings. The Labute approximate surface area is 77.2 Å². The van der Waals surface area contributed by atoms with Gasteiger partial charge in [0.25, 0.3) is 0 Å². The Kier molecular flexibility index (Phi) is 3.97. The van der Waals surface area contributed by atoms with Crippen molar-refractivity contribution in [3.63, 3.8) is 0 Å². The fourth-order valence-corrected chi connectivity index (χ4v) is 1.90. The highest BCUT2D eigenvalue weighted by Gasteiger charge is 1.96. The second kappa shape index (κ2) is 4.80. The van der Waals surface area contributed by atoms with Crippen LogP contribution in [0.5, 0.6) is 0 Å². The lowest BCUT2D eigenvalue weighted by molar-refractivity contribution is 0.739. The maximum Gasteiger partial charge on any atom is 0.0302 e. The Hall–Kier alpha value is 0.01000. The molecule has 11 heavy (non-hydrogen) atoms. The molecule has 0 bridgehead atoms. The summed E-state index contributed by atoms with van der Waals surface area (Å²) in [6.07, 6.45) is 0. The fourth-order valence-electron chi connectivity index (χ4n) is 0.866. The topological polar surface area (TPSA) is 12.0 Å². The number of thiol groups is 1. The Balaban J connectivity index is 2.32. The monoisotopic (exact) mass is 187 g/mol. The molecule has 0 saturated carbocycles.